The zero-order chi connectivity index (χ0) is 10.8. The fourth-order valence-corrected chi connectivity index (χ4v) is 2.27. The van der Waals surface area contributed by atoms with Gasteiger partial charge in [-0.25, -0.2) is 4.98 Å². The molecule has 3 nitrogen and oxygen atoms in total. The average Bonchev–Trinajstić information content (AvgIpc) is 3.01. The minimum absolute atomic E-state index is 0.801. The highest BCUT2D eigenvalue weighted by molar-refractivity contribution is 5.40. The first-order chi connectivity index (χ1) is 7.92. The number of hydrogen-bond acceptors (Lipinski definition) is 3. The maximum Gasteiger partial charge on any atom is 0.126 e. The summed E-state index contributed by atoms with van der Waals surface area (Å²) in [5.74, 6) is 1.04. The molecule has 0 spiro atoms. The van der Waals surface area contributed by atoms with Crippen LogP contribution in [0.5, 0.6) is 0 Å². The monoisotopic (exact) mass is 217 g/mol. The van der Waals surface area contributed by atoms with Gasteiger partial charge < -0.3 is 10.6 Å². The van der Waals surface area contributed by atoms with Gasteiger partial charge in [0.05, 0.1) is 0 Å². The van der Waals surface area contributed by atoms with E-state index in [2.05, 4.69) is 27.8 Å². The third-order valence-corrected chi connectivity index (χ3v) is 3.37. The molecule has 0 unspecified atom stereocenters. The normalized spacial score (nSPS) is 18.5. The number of anilines is 1. The summed E-state index contributed by atoms with van der Waals surface area (Å²) in [4.78, 5) is 4.65. The van der Waals surface area contributed by atoms with Gasteiger partial charge in [0.15, 0.2) is 0 Å². The zero-order valence-corrected chi connectivity index (χ0v) is 9.63. The van der Waals surface area contributed by atoms with Crippen LogP contribution in [-0.2, 0) is 12.8 Å². The van der Waals surface area contributed by atoms with E-state index >= 15 is 0 Å². The minimum Gasteiger partial charge on any atom is -0.369 e. The summed E-state index contributed by atoms with van der Waals surface area (Å²) in [6.07, 6.45) is 6.36. The van der Waals surface area contributed by atoms with Crippen LogP contribution in [-0.4, -0.2) is 24.1 Å². The minimum atomic E-state index is 0.801. The standard InChI is InChI=1S/C13H19N3/c1-2-10-4-7-13(16-12(10)3-1)15-9-8-14-11-5-6-11/h4,7,11,14H,1-3,5-6,8-9H2,(H,15,16). The average molecular weight is 217 g/mol. The molecule has 0 bridgehead atoms. The molecular formula is C13H19N3. The van der Waals surface area contributed by atoms with Crippen LogP contribution in [0.25, 0.3) is 0 Å². The maximum atomic E-state index is 4.65. The summed E-state index contributed by atoms with van der Waals surface area (Å²) in [7, 11) is 0. The number of hydrogen-bond donors (Lipinski definition) is 2. The van der Waals surface area contributed by atoms with Crippen LogP contribution in [0, 0.1) is 0 Å². The largest absolute Gasteiger partial charge is 0.369 e. The lowest BCUT2D eigenvalue weighted by Gasteiger charge is -2.07. The van der Waals surface area contributed by atoms with E-state index in [9.17, 15) is 0 Å². The maximum absolute atomic E-state index is 4.65. The molecular weight excluding hydrogens is 198 g/mol. The molecule has 0 radical (unpaired) electrons. The van der Waals surface area contributed by atoms with Crippen LogP contribution >= 0.6 is 0 Å². The highest BCUT2D eigenvalue weighted by atomic mass is 15.0. The highest BCUT2D eigenvalue weighted by Crippen LogP contribution is 2.21. The van der Waals surface area contributed by atoms with Gasteiger partial charge in [-0.1, -0.05) is 6.07 Å². The second-order valence-electron chi connectivity index (χ2n) is 4.81. The fourth-order valence-electron chi connectivity index (χ4n) is 2.27. The van der Waals surface area contributed by atoms with Gasteiger partial charge in [0.2, 0.25) is 0 Å². The Morgan fingerprint density at radius 1 is 1.19 bits per heavy atom. The van der Waals surface area contributed by atoms with Crippen molar-refractivity contribution in [2.45, 2.75) is 38.1 Å². The van der Waals surface area contributed by atoms with Crippen LogP contribution < -0.4 is 10.6 Å². The van der Waals surface area contributed by atoms with Gasteiger partial charge in [-0.05, 0) is 43.7 Å². The molecule has 0 atom stereocenters. The molecule has 0 aromatic carbocycles. The van der Waals surface area contributed by atoms with Crippen LogP contribution in [0.4, 0.5) is 5.82 Å². The molecule has 0 amide bonds. The number of pyridine rings is 1. The second kappa shape index (κ2) is 4.42. The fraction of sp³-hybridized carbons (Fsp3) is 0.615. The number of rotatable bonds is 5. The van der Waals surface area contributed by atoms with E-state index in [-0.39, 0.29) is 0 Å². The van der Waals surface area contributed by atoms with Gasteiger partial charge in [-0.15, -0.1) is 0 Å². The number of aryl methyl sites for hydroxylation is 2. The summed E-state index contributed by atoms with van der Waals surface area (Å²) in [6.45, 7) is 2.02. The van der Waals surface area contributed by atoms with Crippen LogP contribution in [0.2, 0.25) is 0 Å². The zero-order valence-electron chi connectivity index (χ0n) is 9.63. The molecule has 1 heterocycles. The van der Waals surface area contributed by atoms with E-state index in [0.717, 1.165) is 31.4 Å². The Balaban J connectivity index is 1.49. The predicted octanol–water partition coefficient (Wildman–Crippen LogP) is 1.73. The molecule has 1 aromatic rings. The SMILES string of the molecule is c1cc2c(nc1NCCNC1CC1)CCC2. The molecule has 3 rings (SSSR count). The summed E-state index contributed by atoms with van der Waals surface area (Å²) in [5, 5.41) is 6.87. The molecule has 2 aliphatic carbocycles. The number of nitrogens with one attached hydrogen (secondary N) is 2. The Hall–Kier alpha value is -1.09. The number of fused-ring (bicyclic) bond motifs is 1. The molecule has 0 aliphatic heterocycles. The van der Waals surface area contributed by atoms with Crippen molar-refractivity contribution in [3.05, 3.63) is 23.4 Å². The van der Waals surface area contributed by atoms with Crippen molar-refractivity contribution < 1.29 is 0 Å². The lowest BCUT2D eigenvalue weighted by molar-refractivity contribution is 0.700. The summed E-state index contributed by atoms with van der Waals surface area (Å²) < 4.78 is 0. The molecule has 1 saturated carbocycles. The third kappa shape index (κ3) is 2.35. The van der Waals surface area contributed by atoms with E-state index in [4.69, 9.17) is 0 Å². The Morgan fingerprint density at radius 2 is 2.12 bits per heavy atom. The van der Waals surface area contributed by atoms with E-state index in [1.165, 1.54) is 36.9 Å². The molecule has 1 fully saturated rings. The lowest BCUT2D eigenvalue weighted by atomic mass is 10.2. The molecule has 86 valence electrons. The third-order valence-electron chi connectivity index (χ3n) is 3.37. The van der Waals surface area contributed by atoms with Crippen molar-refractivity contribution >= 4 is 5.82 Å². The quantitative estimate of drug-likeness (QED) is 0.738. The second-order valence-corrected chi connectivity index (χ2v) is 4.81. The van der Waals surface area contributed by atoms with Gasteiger partial charge in [0.1, 0.15) is 5.82 Å². The number of nitrogens with zero attached hydrogens (tertiary/aromatic N) is 1. The molecule has 2 aliphatic rings. The van der Waals surface area contributed by atoms with Gasteiger partial charge in [-0.2, -0.15) is 0 Å². The smallest absolute Gasteiger partial charge is 0.126 e. The first-order valence-electron chi connectivity index (χ1n) is 6.38. The first kappa shape index (κ1) is 10.1. The Labute approximate surface area is 96.7 Å². The number of aromatic nitrogens is 1. The van der Waals surface area contributed by atoms with Crippen molar-refractivity contribution in [3.8, 4) is 0 Å². The Morgan fingerprint density at radius 3 is 3.00 bits per heavy atom. The highest BCUT2D eigenvalue weighted by Gasteiger charge is 2.19. The summed E-state index contributed by atoms with van der Waals surface area (Å²) >= 11 is 0. The van der Waals surface area contributed by atoms with Crippen LogP contribution in [0.3, 0.4) is 0 Å². The van der Waals surface area contributed by atoms with Crippen LogP contribution in [0.1, 0.15) is 30.5 Å². The summed E-state index contributed by atoms with van der Waals surface area (Å²) in [5.41, 5.74) is 2.75. The Kier molecular flexibility index (Phi) is 2.79. The molecule has 3 heteroatoms. The van der Waals surface area contributed by atoms with E-state index in [1.807, 2.05) is 0 Å². The molecule has 1 aromatic heterocycles. The van der Waals surface area contributed by atoms with Crippen molar-refractivity contribution in [1.29, 1.82) is 0 Å². The topological polar surface area (TPSA) is 37.0 Å². The van der Waals surface area contributed by atoms with Crippen molar-refractivity contribution in [1.82, 2.24) is 10.3 Å². The first-order valence-corrected chi connectivity index (χ1v) is 6.38. The Bertz CT molecular complexity index is 371. The van der Waals surface area contributed by atoms with Crippen molar-refractivity contribution in [2.75, 3.05) is 18.4 Å². The van der Waals surface area contributed by atoms with Gasteiger partial charge >= 0.3 is 0 Å². The molecule has 16 heavy (non-hydrogen) atoms. The van der Waals surface area contributed by atoms with Gasteiger partial charge in [0, 0.05) is 24.8 Å². The lowest BCUT2D eigenvalue weighted by Crippen LogP contribution is -2.24. The van der Waals surface area contributed by atoms with Gasteiger partial charge in [0.25, 0.3) is 0 Å². The molecule has 2 N–H and O–H groups in total. The van der Waals surface area contributed by atoms with Crippen LogP contribution in [0.15, 0.2) is 12.1 Å². The van der Waals surface area contributed by atoms with Gasteiger partial charge in [-0.3, -0.25) is 0 Å². The van der Waals surface area contributed by atoms with Crippen molar-refractivity contribution in [3.63, 3.8) is 0 Å². The van der Waals surface area contributed by atoms with Crippen molar-refractivity contribution in [2.24, 2.45) is 0 Å². The predicted molar refractivity (Wildman–Crippen MR) is 65.8 cm³/mol. The molecule has 0 saturated heterocycles. The van der Waals surface area contributed by atoms with E-state index < -0.39 is 0 Å². The summed E-state index contributed by atoms with van der Waals surface area (Å²) in [6, 6.07) is 5.14. The van der Waals surface area contributed by atoms with E-state index in [1.54, 1.807) is 0 Å². The van der Waals surface area contributed by atoms with E-state index in [0.29, 0.717) is 0 Å².